The van der Waals surface area contributed by atoms with Gasteiger partial charge in [0.1, 0.15) is 17.0 Å². The summed E-state index contributed by atoms with van der Waals surface area (Å²) in [5.74, 6) is 0.449. The first-order valence-electron chi connectivity index (χ1n) is 11.3. The molecule has 0 spiro atoms. The molecule has 32 heavy (non-hydrogen) atoms. The number of nitrogens with one attached hydrogen (secondary N) is 1. The Bertz CT molecular complexity index is 1160. The van der Waals surface area contributed by atoms with Gasteiger partial charge in [0.15, 0.2) is 5.58 Å². The van der Waals surface area contributed by atoms with E-state index in [1.54, 1.807) is 24.3 Å². The molecule has 2 amide bonds. The summed E-state index contributed by atoms with van der Waals surface area (Å²) in [6.45, 7) is 2.56. The Morgan fingerprint density at radius 2 is 2.03 bits per heavy atom. The van der Waals surface area contributed by atoms with Crippen LogP contribution in [0.1, 0.15) is 55.1 Å². The standard InChI is InChI=1S/C25H29N3O4/c1-25(24(30)26-18-8-4-3-5-9-18)16-27-20-11-12-32-22(20)14-21(27)23(29)28(25)15-17-7-6-10-19(13-17)31-2/h6-7,10-14,18H,3-5,8-9,15-16H2,1-2H3,(H,26,30)/t25-/m0/s1. The number of furan rings is 1. The van der Waals surface area contributed by atoms with Crippen LogP contribution in [0, 0.1) is 0 Å². The first kappa shape index (κ1) is 20.7. The van der Waals surface area contributed by atoms with E-state index < -0.39 is 5.54 Å². The number of fused-ring (bicyclic) bond motifs is 3. The van der Waals surface area contributed by atoms with Crippen LogP contribution in [-0.2, 0) is 17.9 Å². The number of rotatable bonds is 5. The fourth-order valence-electron chi connectivity index (χ4n) is 5.06. The van der Waals surface area contributed by atoms with E-state index in [0.717, 1.165) is 42.5 Å². The van der Waals surface area contributed by atoms with E-state index >= 15 is 0 Å². The van der Waals surface area contributed by atoms with Crippen molar-refractivity contribution in [1.29, 1.82) is 0 Å². The Morgan fingerprint density at radius 1 is 1.22 bits per heavy atom. The number of amides is 2. The van der Waals surface area contributed by atoms with Gasteiger partial charge < -0.3 is 23.9 Å². The lowest BCUT2D eigenvalue weighted by atomic mass is 9.91. The molecular formula is C25H29N3O4. The number of hydrogen-bond acceptors (Lipinski definition) is 4. The third kappa shape index (κ3) is 3.45. The molecule has 1 atom stereocenters. The van der Waals surface area contributed by atoms with Crippen LogP contribution < -0.4 is 10.1 Å². The molecule has 1 saturated carbocycles. The van der Waals surface area contributed by atoms with E-state index in [0.29, 0.717) is 24.4 Å². The predicted molar refractivity (Wildman–Crippen MR) is 120 cm³/mol. The summed E-state index contributed by atoms with van der Waals surface area (Å²) in [4.78, 5) is 29.1. The lowest BCUT2D eigenvalue weighted by Gasteiger charge is -2.44. The Balaban J connectivity index is 1.53. The second-order valence-corrected chi connectivity index (χ2v) is 9.11. The van der Waals surface area contributed by atoms with Gasteiger partial charge in [0, 0.05) is 24.7 Å². The highest BCUT2D eigenvalue weighted by Gasteiger charge is 2.48. The third-order valence-electron chi connectivity index (χ3n) is 6.95. The number of nitrogens with zero attached hydrogens (tertiary/aromatic N) is 2. The second kappa shape index (κ2) is 8.04. The molecule has 2 aliphatic rings. The molecule has 0 saturated heterocycles. The van der Waals surface area contributed by atoms with E-state index in [1.165, 1.54) is 6.42 Å². The zero-order valence-electron chi connectivity index (χ0n) is 18.6. The van der Waals surface area contributed by atoms with Crippen LogP contribution in [0.25, 0.3) is 11.1 Å². The Kier molecular flexibility index (Phi) is 5.19. The van der Waals surface area contributed by atoms with Gasteiger partial charge in [-0.1, -0.05) is 31.4 Å². The highest BCUT2D eigenvalue weighted by atomic mass is 16.5. The zero-order valence-corrected chi connectivity index (χ0v) is 18.6. The average Bonchev–Trinajstić information content (AvgIpc) is 3.40. The Labute approximate surface area is 187 Å². The molecule has 1 aromatic carbocycles. The van der Waals surface area contributed by atoms with Crippen LogP contribution in [0.3, 0.4) is 0 Å². The van der Waals surface area contributed by atoms with E-state index in [2.05, 4.69) is 5.32 Å². The molecule has 7 nitrogen and oxygen atoms in total. The molecule has 0 unspecified atom stereocenters. The van der Waals surface area contributed by atoms with Gasteiger partial charge in [-0.15, -0.1) is 0 Å². The van der Waals surface area contributed by atoms with E-state index in [4.69, 9.17) is 9.15 Å². The molecule has 1 N–H and O–H groups in total. The van der Waals surface area contributed by atoms with Gasteiger partial charge in [0.2, 0.25) is 5.91 Å². The maximum absolute atomic E-state index is 13.7. The summed E-state index contributed by atoms with van der Waals surface area (Å²) in [6.07, 6.45) is 7.08. The lowest BCUT2D eigenvalue weighted by Crippen LogP contribution is -2.64. The minimum absolute atomic E-state index is 0.100. The van der Waals surface area contributed by atoms with Crippen LogP contribution in [0.2, 0.25) is 0 Å². The summed E-state index contributed by atoms with van der Waals surface area (Å²) in [5.41, 5.74) is 1.93. The summed E-state index contributed by atoms with van der Waals surface area (Å²) in [5, 5.41) is 3.26. The van der Waals surface area contributed by atoms with Crippen molar-refractivity contribution in [2.75, 3.05) is 7.11 Å². The largest absolute Gasteiger partial charge is 0.497 e. The van der Waals surface area contributed by atoms with E-state index in [1.807, 2.05) is 41.8 Å². The second-order valence-electron chi connectivity index (χ2n) is 9.11. The maximum atomic E-state index is 13.7. The molecule has 5 rings (SSSR count). The van der Waals surface area contributed by atoms with Gasteiger partial charge >= 0.3 is 0 Å². The van der Waals surface area contributed by atoms with Gasteiger partial charge in [0.25, 0.3) is 5.91 Å². The quantitative estimate of drug-likeness (QED) is 0.654. The van der Waals surface area contributed by atoms with Crippen LogP contribution in [0.5, 0.6) is 5.75 Å². The number of carbonyl (C=O) groups excluding carboxylic acids is 2. The highest BCUT2D eigenvalue weighted by Crippen LogP contribution is 2.34. The number of aromatic nitrogens is 1. The molecule has 2 aromatic heterocycles. The Morgan fingerprint density at radius 3 is 2.81 bits per heavy atom. The molecule has 0 bridgehead atoms. The summed E-state index contributed by atoms with van der Waals surface area (Å²) in [6, 6.07) is 11.4. The summed E-state index contributed by atoms with van der Waals surface area (Å²) < 4.78 is 12.8. The SMILES string of the molecule is COc1cccc(CN2C(=O)c3cc4occc4n3C[C@@]2(C)C(=O)NC2CCCCC2)c1. The van der Waals surface area contributed by atoms with Crippen LogP contribution in [-0.4, -0.2) is 40.0 Å². The number of benzene rings is 1. The van der Waals surface area contributed by atoms with Crippen molar-refractivity contribution >= 4 is 22.9 Å². The van der Waals surface area contributed by atoms with Gasteiger partial charge in [-0.05, 0) is 37.5 Å². The number of hydrogen-bond donors (Lipinski definition) is 1. The van der Waals surface area contributed by atoms with Crippen molar-refractivity contribution < 1.29 is 18.7 Å². The number of methoxy groups -OCH3 is 1. The van der Waals surface area contributed by atoms with E-state index in [-0.39, 0.29) is 17.9 Å². The van der Waals surface area contributed by atoms with Crippen molar-refractivity contribution in [2.24, 2.45) is 0 Å². The van der Waals surface area contributed by atoms with Crippen molar-refractivity contribution in [3.8, 4) is 5.75 Å². The van der Waals surface area contributed by atoms with Gasteiger partial charge in [0.05, 0.1) is 25.4 Å². The van der Waals surface area contributed by atoms with E-state index in [9.17, 15) is 9.59 Å². The molecular weight excluding hydrogens is 406 g/mol. The molecule has 168 valence electrons. The Hall–Kier alpha value is -3.22. The molecule has 1 aliphatic carbocycles. The van der Waals surface area contributed by atoms with Gasteiger partial charge in [-0.2, -0.15) is 0 Å². The smallest absolute Gasteiger partial charge is 0.271 e. The van der Waals surface area contributed by atoms with Crippen molar-refractivity contribution in [3.63, 3.8) is 0 Å². The monoisotopic (exact) mass is 435 g/mol. The van der Waals surface area contributed by atoms with Crippen molar-refractivity contribution in [1.82, 2.24) is 14.8 Å². The first-order chi connectivity index (χ1) is 15.5. The highest BCUT2D eigenvalue weighted by molar-refractivity contribution is 6.02. The zero-order chi connectivity index (χ0) is 22.3. The molecule has 7 heteroatoms. The van der Waals surface area contributed by atoms with Crippen LogP contribution >= 0.6 is 0 Å². The molecule has 1 aliphatic heterocycles. The van der Waals surface area contributed by atoms with Gasteiger partial charge in [-0.3, -0.25) is 9.59 Å². The topological polar surface area (TPSA) is 76.7 Å². The minimum Gasteiger partial charge on any atom is -0.497 e. The summed E-state index contributed by atoms with van der Waals surface area (Å²) in [7, 11) is 1.62. The molecule has 3 heterocycles. The van der Waals surface area contributed by atoms with Crippen molar-refractivity contribution in [2.45, 2.75) is 63.7 Å². The first-order valence-corrected chi connectivity index (χ1v) is 11.3. The minimum atomic E-state index is -1.03. The molecule has 1 fully saturated rings. The van der Waals surface area contributed by atoms with Crippen molar-refractivity contribution in [3.05, 3.63) is 53.9 Å². The van der Waals surface area contributed by atoms with Gasteiger partial charge in [-0.25, -0.2) is 0 Å². The molecule has 3 aromatic rings. The molecule has 0 radical (unpaired) electrons. The summed E-state index contributed by atoms with van der Waals surface area (Å²) >= 11 is 0. The maximum Gasteiger partial charge on any atom is 0.271 e. The number of carbonyl (C=O) groups is 2. The van der Waals surface area contributed by atoms with Crippen LogP contribution in [0.15, 0.2) is 47.1 Å². The lowest BCUT2D eigenvalue weighted by molar-refractivity contribution is -0.134. The normalized spacial score (nSPS) is 21.6. The predicted octanol–water partition coefficient (Wildman–Crippen LogP) is 4.11. The third-order valence-corrected chi connectivity index (χ3v) is 6.95. The fraction of sp³-hybridized carbons (Fsp3) is 0.440. The number of ether oxygens (including phenoxy) is 1. The average molecular weight is 436 g/mol. The fourth-order valence-corrected chi connectivity index (χ4v) is 5.06. The van der Waals surface area contributed by atoms with Crippen LogP contribution in [0.4, 0.5) is 0 Å².